The van der Waals surface area contributed by atoms with E-state index in [4.69, 9.17) is 5.73 Å². The molecule has 2 saturated carbocycles. The van der Waals surface area contributed by atoms with Gasteiger partial charge in [-0.25, -0.2) is 9.97 Å². The smallest absolute Gasteiger partial charge is 0.345 e. The van der Waals surface area contributed by atoms with Crippen LogP contribution in [0.2, 0.25) is 0 Å². The summed E-state index contributed by atoms with van der Waals surface area (Å²) in [6, 6.07) is 0.112. The van der Waals surface area contributed by atoms with Gasteiger partial charge in [0.15, 0.2) is 0 Å². The van der Waals surface area contributed by atoms with Crippen molar-refractivity contribution in [2.24, 2.45) is 17.6 Å². The van der Waals surface area contributed by atoms with E-state index in [-0.39, 0.29) is 12.1 Å². The summed E-state index contributed by atoms with van der Waals surface area (Å²) in [7, 11) is 0. The molecule has 8 heteroatoms. The third-order valence-corrected chi connectivity index (χ3v) is 5.38. The second kappa shape index (κ2) is 8.24. The molecule has 0 radical (unpaired) electrons. The number of carbonyl (C=O) groups excluding carboxylic acids is 1. The topological polar surface area (TPSA) is 90.1 Å². The molecule has 3 rings (SSSR count). The first-order valence-electron chi connectivity index (χ1n) is 9.28. The molecule has 26 heavy (non-hydrogen) atoms. The SMILES string of the molecule is C[C@@H](Cc1nc(NC2CCC(OC(F)F)CC2)ncc1C(N)=O)C1CC1. The summed E-state index contributed by atoms with van der Waals surface area (Å²) in [5.74, 6) is 1.11. The number of hydrogen-bond acceptors (Lipinski definition) is 5. The number of halogens is 2. The Hall–Kier alpha value is -1.83. The Morgan fingerprint density at radius 1 is 1.31 bits per heavy atom. The number of nitrogens with zero attached hydrogens (tertiary/aromatic N) is 2. The van der Waals surface area contributed by atoms with Gasteiger partial charge in [0.05, 0.1) is 17.4 Å². The van der Waals surface area contributed by atoms with Gasteiger partial charge in [0.2, 0.25) is 5.95 Å². The van der Waals surface area contributed by atoms with E-state index in [1.165, 1.54) is 19.0 Å². The lowest BCUT2D eigenvalue weighted by Gasteiger charge is -2.29. The van der Waals surface area contributed by atoms with Gasteiger partial charge in [-0.15, -0.1) is 0 Å². The fourth-order valence-corrected chi connectivity index (χ4v) is 3.66. The van der Waals surface area contributed by atoms with Gasteiger partial charge in [-0.3, -0.25) is 4.79 Å². The average molecular weight is 368 g/mol. The number of aromatic nitrogens is 2. The molecule has 1 amide bonds. The summed E-state index contributed by atoms with van der Waals surface area (Å²) in [4.78, 5) is 20.4. The Bertz CT molecular complexity index is 632. The molecule has 0 unspecified atom stereocenters. The van der Waals surface area contributed by atoms with Crippen LogP contribution in [0.3, 0.4) is 0 Å². The quantitative estimate of drug-likeness (QED) is 0.736. The summed E-state index contributed by atoms with van der Waals surface area (Å²) in [6.07, 6.45) is 6.84. The van der Waals surface area contributed by atoms with E-state index < -0.39 is 12.5 Å². The van der Waals surface area contributed by atoms with Crippen LogP contribution in [0.15, 0.2) is 6.20 Å². The number of anilines is 1. The zero-order valence-corrected chi connectivity index (χ0v) is 15.0. The van der Waals surface area contributed by atoms with Crippen LogP contribution in [0.5, 0.6) is 0 Å². The van der Waals surface area contributed by atoms with E-state index in [1.54, 1.807) is 0 Å². The molecule has 2 aliphatic carbocycles. The minimum Gasteiger partial charge on any atom is -0.365 e. The molecule has 0 aliphatic heterocycles. The molecule has 3 N–H and O–H groups in total. The highest BCUT2D eigenvalue weighted by Crippen LogP contribution is 2.38. The van der Waals surface area contributed by atoms with Crippen molar-refractivity contribution >= 4 is 11.9 Å². The van der Waals surface area contributed by atoms with Crippen molar-refractivity contribution in [1.29, 1.82) is 0 Å². The van der Waals surface area contributed by atoms with Crippen molar-refractivity contribution in [3.63, 3.8) is 0 Å². The van der Waals surface area contributed by atoms with E-state index in [0.29, 0.717) is 61.1 Å². The normalized spacial score (nSPS) is 24.5. The zero-order valence-electron chi connectivity index (χ0n) is 15.0. The predicted molar refractivity (Wildman–Crippen MR) is 92.9 cm³/mol. The van der Waals surface area contributed by atoms with Crippen LogP contribution in [-0.4, -0.2) is 34.6 Å². The highest BCUT2D eigenvalue weighted by atomic mass is 19.3. The molecule has 1 atom stereocenters. The fourth-order valence-electron chi connectivity index (χ4n) is 3.66. The molecular weight excluding hydrogens is 342 g/mol. The van der Waals surface area contributed by atoms with Gasteiger partial charge in [-0.1, -0.05) is 6.92 Å². The summed E-state index contributed by atoms with van der Waals surface area (Å²) in [6.45, 7) is -0.549. The molecule has 144 valence electrons. The minimum absolute atomic E-state index is 0.112. The van der Waals surface area contributed by atoms with Crippen molar-refractivity contribution in [2.45, 2.75) is 70.6 Å². The number of amides is 1. The van der Waals surface area contributed by atoms with Crippen molar-refractivity contribution in [1.82, 2.24) is 9.97 Å². The lowest BCUT2D eigenvalue weighted by atomic mass is 9.93. The fraction of sp³-hybridized carbons (Fsp3) is 0.722. The summed E-state index contributed by atoms with van der Waals surface area (Å²) in [5.41, 5.74) is 6.51. The van der Waals surface area contributed by atoms with Crippen LogP contribution in [-0.2, 0) is 11.2 Å². The van der Waals surface area contributed by atoms with Gasteiger partial charge < -0.3 is 15.8 Å². The minimum atomic E-state index is -2.72. The molecule has 0 saturated heterocycles. The molecule has 2 aliphatic rings. The van der Waals surface area contributed by atoms with E-state index in [0.717, 1.165) is 0 Å². The Morgan fingerprint density at radius 3 is 2.58 bits per heavy atom. The predicted octanol–water partition coefficient (Wildman–Crippen LogP) is 3.13. The Morgan fingerprint density at radius 2 is 2.00 bits per heavy atom. The average Bonchev–Trinajstić information content (AvgIpc) is 3.41. The standard InChI is InChI=1S/C18H26F2N4O2/c1-10(11-2-3-11)8-15-14(16(21)25)9-22-18(24-15)23-12-4-6-13(7-5-12)26-17(19)20/h9-13,17H,2-8H2,1H3,(H2,21,25)(H,22,23,24)/t10-,12?,13?/m0/s1. The maximum atomic E-state index is 12.3. The molecule has 1 aromatic rings. The number of carbonyl (C=O) groups is 1. The van der Waals surface area contributed by atoms with Crippen LogP contribution in [0.1, 0.15) is 61.5 Å². The molecular formula is C18H26F2N4O2. The van der Waals surface area contributed by atoms with Crippen LogP contribution in [0.4, 0.5) is 14.7 Å². The molecule has 0 aromatic carbocycles. The number of primary amides is 1. The van der Waals surface area contributed by atoms with E-state index in [1.807, 2.05) is 0 Å². The summed E-state index contributed by atoms with van der Waals surface area (Å²) in [5, 5.41) is 3.26. The maximum Gasteiger partial charge on any atom is 0.345 e. The number of alkyl halides is 2. The van der Waals surface area contributed by atoms with E-state index in [2.05, 4.69) is 26.9 Å². The van der Waals surface area contributed by atoms with Crippen molar-refractivity contribution in [2.75, 3.05) is 5.32 Å². The third kappa shape index (κ3) is 5.09. The number of nitrogens with two attached hydrogens (primary N) is 1. The number of ether oxygens (including phenoxy) is 1. The lowest BCUT2D eigenvalue weighted by molar-refractivity contribution is -0.169. The van der Waals surface area contributed by atoms with Crippen LogP contribution >= 0.6 is 0 Å². The second-order valence-electron chi connectivity index (χ2n) is 7.45. The molecule has 2 fully saturated rings. The number of nitrogens with one attached hydrogen (secondary N) is 1. The van der Waals surface area contributed by atoms with Crippen molar-refractivity contribution < 1.29 is 18.3 Å². The second-order valence-corrected chi connectivity index (χ2v) is 7.45. The van der Waals surface area contributed by atoms with Gasteiger partial charge in [-0.05, 0) is 56.8 Å². The lowest BCUT2D eigenvalue weighted by Crippen LogP contribution is -2.31. The van der Waals surface area contributed by atoms with Gasteiger partial charge in [-0.2, -0.15) is 8.78 Å². The largest absolute Gasteiger partial charge is 0.365 e. The number of hydrogen-bond donors (Lipinski definition) is 2. The van der Waals surface area contributed by atoms with Gasteiger partial charge in [0, 0.05) is 12.2 Å². The van der Waals surface area contributed by atoms with Crippen LogP contribution in [0.25, 0.3) is 0 Å². The van der Waals surface area contributed by atoms with Crippen LogP contribution < -0.4 is 11.1 Å². The summed E-state index contributed by atoms with van der Waals surface area (Å²) < 4.78 is 29.1. The maximum absolute atomic E-state index is 12.3. The Balaban J connectivity index is 1.62. The van der Waals surface area contributed by atoms with Crippen molar-refractivity contribution in [3.05, 3.63) is 17.5 Å². The third-order valence-electron chi connectivity index (χ3n) is 5.38. The first-order chi connectivity index (χ1) is 12.4. The molecule has 1 aromatic heterocycles. The van der Waals surface area contributed by atoms with Gasteiger partial charge in [0.1, 0.15) is 0 Å². The zero-order chi connectivity index (χ0) is 18.7. The Kier molecular flexibility index (Phi) is 6.01. The molecule has 0 bridgehead atoms. The first-order valence-corrected chi connectivity index (χ1v) is 9.28. The van der Waals surface area contributed by atoms with Crippen LogP contribution in [0, 0.1) is 11.8 Å². The molecule has 1 heterocycles. The summed E-state index contributed by atoms with van der Waals surface area (Å²) >= 11 is 0. The molecule has 0 spiro atoms. The van der Waals surface area contributed by atoms with Gasteiger partial charge >= 0.3 is 6.61 Å². The van der Waals surface area contributed by atoms with E-state index >= 15 is 0 Å². The number of rotatable bonds is 8. The highest BCUT2D eigenvalue weighted by Gasteiger charge is 2.29. The molecule has 6 nitrogen and oxygen atoms in total. The van der Waals surface area contributed by atoms with Crippen molar-refractivity contribution in [3.8, 4) is 0 Å². The first kappa shape index (κ1) is 18.9. The highest BCUT2D eigenvalue weighted by molar-refractivity contribution is 5.93. The van der Waals surface area contributed by atoms with Gasteiger partial charge in [0.25, 0.3) is 5.91 Å². The van der Waals surface area contributed by atoms with E-state index in [9.17, 15) is 13.6 Å². The Labute approximate surface area is 151 Å². The monoisotopic (exact) mass is 368 g/mol.